The van der Waals surface area contributed by atoms with Crippen molar-refractivity contribution in [1.29, 1.82) is 0 Å². The van der Waals surface area contributed by atoms with E-state index in [4.69, 9.17) is 0 Å². The van der Waals surface area contributed by atoms with E-state index in [0.717, 1.165) is 39.7 Å². The molecule has 1 heterocycles. The summed E-state index contributed by atoms with van der Waals surface area (Å²) in [6.45, 7) is 2.62. The minimum atomic E-state index is -1.61. The van der Waals surface area contributed by atoms with Gasteiger partial charge in [0, 0.05) is 10.9 Å². The second-order valence-corrected chi connectivity index (χ2v) is 7.63. The van der Waals surface area contributed by atoms with Crippen LogP contribution in [0.3, 0.4) is 0 Å². The lowest BCUT2D eigenvalue weighted by molar-refractivity contribution is -0.885. The number of benzene rings is 2. The van der Waals surface area contributed by atoms with Crippen molar-refractivity contribution in [3.8, 4) is 10.6 Å². The van der Waals surface area contributed by atoms with Crippen molar-refractivity contribution in [3.05, 3.63) is 70.5 Å². The summed E-state index contributed by atoms with van der Waals surface area (Å²) >= 11 is 1.53. The molecule has 29 heavy (non-hydrogen) atoms. The first kappa shape index (κ1) is 21.0. The number of carbonyl (C=O) groups is 1. The topological polar surface area (TPSA) is 46.4 Å². The van der Waals surface area contributed by atoms with Gasteiger partial charge in [0.2, 0.25) is 0 Å². The zero-order valence-electron chi connectivity index (χ0n) is 16.1. The summed E-state index contributed by atoms with van der Waals surface area (Å²) in [5.74, 6) is -4.82. The predicted octanol–water partition coefficient (Wildman–Crippen LogP) is 3.44. The summed E-state index contributed by atoms with van der Waals surface area (Å²) in [4.78, 5) is 17.6. The van der Waals surface area contributed by atoms with E-state index in [9.17, 15) is 18.0 Å². The van der Waals surface area contributed by atoms with E-state index in [1.807, 2.05) is 17.5 Å². The summed E-state index contributed by atoms with van der Waals surface area (Å²) in [6, 6.07) is 10.0. The van der Waals surface area contributed by atoms with Crippen LogP contribution < -0.4 is 10.2 Å². The lowest BCUT2D eigenvalue weighted by atomic mass is 10.1. The minimum absolute atomic E-state index is 0.0243. The Morgan fingerprint density at radius 1 is 1.10 bits per heavy atom. The molecule has 1 aromatic heterocycles. The molecule has 0 saturated heterocycles. The third kappa shape index (κ3) is 5.21. The van der Waals surface area contributed by atoms with Crippen molar-refractivity contribution >= 4 is 22.9 Å². The highest BCUT2D eigenvalue weighted by Gasteiger charge is 2.18. The molecule has 0 fully saturated rings. The highest BCUT2D eigenvalue weighted by atomic mass is 32.1. The molecule has 152 valence electrons. The number of hydrogen-bond acceptors (Lipinski definition) is 3. The first-order valence-corrected chi connectivity index (χ1v) is 10.0. The van der Waals surface area contributed by atoms with Crippen molar-refractivity contribution < 1.29 is 22.9 Å². The fourth-order valence-corrected chi connectivity index (χ4v) is 3.69. The van der Waals surface area contributed by atoms with Gasteiger partial charge in [-0.05, 0) is 24.1 Å². The van der Waals surface area contributed by atoms with E-state index in [1.54, 1.807) is 7.05 Å². The number of nitrogens with one attached hydrogen (secondary N) is 2. The van der Waals surface area contributed by atoms with Crippen LogP contribution in [0.2, 0.25) is 0 Å². The molecule has 0 aliphatic heterocycles. The van der Waals surface area contributed by atoms with Crippen LogP contribution in [0.1, 0.15) is 18.2 Å². The number of rotatable bonds is 7. The standard InChI is InChI=1S/C21H20F3N3OS/c1-3-13-4-6-14(7-5-13)21-25-15(12-29-21)10-27(2)11-18(28)26-17-9-8-16(22)19(23)20(17)24/h4-9,12H,3,10-11H2,1-2H3,(H,26,28)/p+1. The summed E-state index contributed by atoms with van der Waals surface area (Å²) in [6.07, 6.45) is 0.980. The molecule has 1 atom stereocenters. The highest BCUT2D eigenvalue weighted by Crippen LogP contribution is 2.24. The van der Waals surface area contributed by atoms with Crippen LogP contribution in [0.4, 0.5) is 18.9 Å². The predicted molar refractivity (Wildman–Crippen MR) is 107 cm³/mol. The maximum atomic E-state index is 13.7. The second kappa shape index (κ2) is 9.19. The van der Waals surface area contributed by atoms with Crippen molar-refractivity contribution in [2.75, 3.05) is 18.9 Å². The lowest BCUT2D eigenvalue weighted by Crippen LogP contribution is -3.08. The number of halogens is 3. The smallest absolute Gasteiger partial charge is 0.279 e. The van der Waals surface area contributed by atoms with Gasteiger partial charge in [-0.1, -0.05) is 31.2 Å². The molecule has 0 bridgehead atoms. The number of aryl methyl sites for hydroxylation is 1. The van der Waals surface area contributed by atoms with Gasteiger partial charge in [0.15, 0.2) is 24.0 Å². The largest absolute Gasteiger partial charge is 0.325 e. The number of likely N-dealkylation sites (N-methyl/N-ethyl adjacent to an activating group) is 1. The molecule has 2 aromatic carbocycles. The minimum Gasteiger partial charge on any atom is -0.325 e. The molecule has 0 radical (unpaired) electrons. The Morgan fingerprint density at radius 2 is 1.83 bits per heavy atom. The zero-order valence-corrected chi connectivity index (χ0v) is 16.9. The Hall–Kier alpha value is -2.71. The maximum absolute atomic E-state index is 13.7. The second-order valence-electron chi connectivity index (χ2n) is 6.78. The molecule has 0 aliphatic rings. The first-order valence-electron chi connectivity index (χ1n) is 9.15. The fraction of sp³-hybridized carbons (Fsp3) is 0.238. The van der Waals surface area contributed by atoms with Gasteiger partial charge >= 0.3 is 0 Å². The van der Waals surface area contributed by atoms with E-state index < -0.39 is 23.4 Å². The van der Waals surface area contributed by atoms with E-state index in [2.05, 4.69) is 29.4 Å². The molecule has 0 aliphatic carbocycles. The van der Waals surface area contributed by atoms with E-state index in [0.29, 0.717) is 6.54 Å². The summed E-state index contributed by atoms with van der Waals surface area (Å²) < 4.78 is 39.9. The van der Waals surface area contributed by atoms with Crippen LogP contribution in [0.15, 0.2) is 41.8 Å². The van der Waals surface area contributed by atoms with Crippen LogP contribution in [0.5, 0.6) is 0 Å². The van der Waals surface area contributed by atoms with E-state index in [-0.39, 0.29) is 12.2 Å². The average Bonchev–Trinajstić information content (AvgIpc) is 3.16. The third-order valence-corrected chi connectivity index (χ3v) is 5.36. The SMILES string of the molecule is CCc1ccc(-c2nc(C[NH+](C)CC(=O)Nc3ccc(F)c(F)c3F)cs2)cc1. The number of hydrogen-bond donors (Lipinski definition) is 2. The average molecular weight is 420 g/mol. The van der Waals surface area contributed by atoms with Crippen LogP contribution >= 0.6 is 11.3 Å². The van der Waals surface area contributed by atoms with Gasteiger partial charge in [-0.15, -0.1) is 11.3 Å². The monoisotopic (exact) mass is 420 g/mol. The first-order chi connectivity index (χ1) is 13.9. The molecular formula is C21H21F3N3OS+. The normalized spacial score (nSPS) is 12.0. The highest BCUT2D eigenvalue weighted by molar-refractivity contribution is 7.13. The fourth-order valence-electron chi connectivity index (χ4n) is 2.87. The quantitative estimate of drug-likeness (QED) is 0.576. The Bertz CT molecular complexity index is 1000. The lowest BCUT2D eigenvalue weighted by Gasteiger charge is -2.13. The van der Waals surface area contributed by atoms with Crippen molar-refractivity contribution in [2.45, 2.75) is 19.9 Å². The number of anilines is 1. The summed E-state index contributed by atoms with van der Waals surface area (Å²) in [5.41, 5.74) is 2.77. The summed E-state index contributed by atoms with van der Waals surface area (Å²) in [5, 5.41) is 5.13. The molecule has 0 saturated carbocycles. The molecule has 3 aromatic rings. The number of quaternary nitrogens is 1. The number of nitrogens with zero attached hydrogens (tertiary/aromatic N) is 1. The van der Waals surface area contributed by atoms with Gasteiger partial charge in [-0.3, -0.25) is 4.79 Å². The van der Waals surface area contributed by atoms with Crippen LogP contribution in [0, 0.1) is 17.5 Å². The molecule has 1 unspecified atom stereocenters. The Morgan fingerprint density at radius 3 is 2.52 bits per heavy atom. The van der Waals surface area contributed by atoms with Gasteiger partial charge < -0.3 is 10.2 Å². The maximum Gasteiger partial charge on any atom is 0.279 e. The van der Waals surface area contributed by atoms with Crippen LogP contribution in [-0.4, -0.2) is 24.5 Å². The van der Waals surface area contributed by atoms with Gasteiger partial charge in [0.25, 0.3) is 5.91 Å². The number of carbonyl (C=O) groups excluding carboxylic acids is 1. The molecule has 2 N–H and O–H groups in total. The molecular weight excluding hydrogens is 399 g/mol. The Kier molecular flexibility index (Phi) is 6.66. The molecule has 8 heteroatoms. The van der Waals surface area contributed by atoms with Gasteiger partial charge in [0.05, 0.1) is 12.7 Å². The van der Waals surface area contributed by atoms with Crippen molar-refractivity contribution in [3.63, 3.8) is 0 Å². The molecule has 4 nitrogen and oxygen atoms in total. The van der Waals surface area contributed by atoms with Gasteiger partial charge in [-0.25, -0.2) is 18.2 Å². The molecule has 1 amide bonds. The Labute approximate surface area is 171 Å². The molecule has 3 rings (SSSR count). The number of amides is 1. The zero-order chi connectivity index (χ0) is 21.0. The summed E-state index contributed by atoms with van der Waals surface area (Å²) in [7, 11) is 1.80. The van der Waals surface area contributed by atoms with Gasteiger partial charge in [0.1, 0.15) is 17.2 Å². The van der Waals surface area contributed by atoms with E-state index >= 15 is 0 Å². The van der Waals surface area contributed by atoms with Crippen molar-refractivity contribution in [1.82, 2.24) is 4.98 Å². The Balaban J connectivity index is 1.58. The number of aromatic nitrogens is 1. The van der Waals surface area contributed by atoms with Gasteiger partial charge in [-0.2, -0.15) is 0 Å². The van der Waals surface area contributed by atoms with E-state index in [1.165, 1.54) is 16.9 Å². The number of thiazole rings is 1. The molecule has 0 spiro atoms. The third-order valence-electron chi connectivity index (χ3n) is 4.42. The van der Waals surface area contributed by atoms with Crippen LogP contribution in [-0.2, 0) is 17.8 Å². The van der Waals surface area contributed by atoms with Crippen molar-refractivity contribution in [2.24, 2.45) is 0 Å². The van der Waals surface area contributed by atoms with Crippen LogP contribution in [0.25, 0.3) is 10.6 Å².